The molecule has 2 heterocycles. The molecule has 0 aliphatic carbocycles. The third kappa shape index (κ3) is 2.73. The Morgan fingerprint density at radius 1 is 1.62 bits per heavy atom. The molecule has 2 atom stereocenters. The lowest BCUT2D eigenvalue weighted by atomic mass is 10.2. The van der Waals surface area contributed by atoms with Crippen LogP contribution in [-0.4, -0.2) is 17.0 Å². The van der Waals surface area contributed by atoms with Gasteiger partial charge < -0.3 is 5.32 Å². The van der Waals surface area contributed by atoms with E-state index >= 15 is 0 Å². The van der Waals surface area contributed by atoms with E-state index < -0.39 is 0 Å². The van der Waals surface area contributed by atoms with Crippen LogP contribution < -0.4 is 5.32 Å². The standard InChI is InChI=1S/C10H15NS2/c1-8-5-9(7-13-8)11-6-10-3-2-4-12-10/h2-4,8-9,11H,5-7H2,1H3. The molecule has 13 heavy (non-hydrogen) atoms. The Balaban J connectivity index is 1.74. The predicted octanol–water partition coefficient (Wildman–Crippen LogP) is 2.73. The summed E-state index contributed by atoms with van der Waals surface area (Å²) in [5.41, 5.74) is 0. The van der Waals surface area contributed by atoms with Crippen molar-refractivity contribution >= 4 is 23.1 Å². The van der Waals surface area contributed by atoms with Crippen LogP contribution in [0.4, 0.5) is 0 Å². The Hall–Kier alpha value is 0.01000. The van der Waals surface area contributed by atoms with Crippen molar-refractivity contribution in [3.05, 3.63) is 22.4 Å². The molecular weight excluding hydrogens is 198 g/mol. The Bertz CT molecular complexity index is 245. The summed E-state index contributed by atoms with van der Waals surface area (Å²) < 4.78 is 0. The number of hydrogen-bond acceptors (Lipinski definition) is 3. The molecule has 0 aromatic carbocycles. The SMILES string of the molecule is CC1CC(NCc2cccs2)CS1. The van der Waals surface area contributed by atoms with Gasteiger partial charge in [-0.2, -0.15) is 11.8 Å². The fraction of sp³-hybridized carbons (Fsp3) is 0.600. The lowest BCUT2D eigenvalue weighted by Gasteiger charge is -2.09. The predicted molar refractivity (Wildman–Crippen MR) is 61.5 cm³/mol. The number of nitrogens with one attached hydrogen (secondary N) is 1. The van der Waals surface area contributed by atoms with E-state index in [1.54, 1.807) is 0 Å². The van der Waals surface area contributed by atoms with Crippen molar-refractivity contribution in [2.45, 2.75) is 31.2 Å². The molecule has 1 aromatic rings. The van der Waals surface area contributed by atoms with E-state index in [4.69, 9.17) is 0 Å². The maximum atomic E-state index is 3.60. The molecule has 1 saturated heterocycles. The Labute approximate surface area is 87.9 Å². The van der Waals surface area contributed by atoms with E-state index in [2.05, 4.69) is 41.5 Å². The van der Waals surface area contributed by atoms with Crippen molar-refractivity contribution < 1.29 is 0 Å². The normalized spacial score (nSPS) is 28.1. The third-order valence-electron chi connectivity index (χ3n) is 2.34. The van der Waals surface area contributed by atoms with Crippen molar-refractivity contribution in [3.8, 4) is 0 Å². The van der Waals surface area contributed by atoms with Crippen LogP contribution in [0.2, 0.25) is 0 Å². The van der Waals surface area contributed by atoms with E-state index in [1.165, 1.54) is 17.1 Å². The lowest BCUT2D eigenvalue weighted by Crippen LogP contribution is -2.28. The van der Waals surface area contributed by atoms with Crippen molar-refractivity contribution in [3.63, 3.8) is 0 Å². The van der Waals surface area contributed by atoms with E-state index in [9.17, 15) is 0 Å². The van der Waals surface area contributed by atoms with Gasteiger partial charge in [-0.1, -0.05) is 13.0 Å². The van der Waals surface area contributed by atoms with Crippen molar-refractivity contribution in [1.29, 1.82) is 0 Å². The van der Waals surface area contributed by atoms with Crippen molar-refractivity contribution in [2.75, 3.05) is 5.75 Å². The van der Waals surface area contributed by atoms with Gasteiger partial charge in [-0.3, -0.25) is 0 Å². The van der Waals surface area contributed by atoms with Crippen LogP contribution in [0.5, 0.6) is 0 Å². The van der Waals surface area contributed by atoms with Gasteiger partial charge in [-0.15, -0.1) is 11.3 Å². The third-order valence-corrected chi connectivity index (χ3v) is 4.58. The van der Waals surface area contributed by atoms with Crippen LogP contribution in [-0.2, 0) is 6.54 Å². The Morgan fingerprint density at radius 2 is 2.54 bits per heavy atom. The average Bonchev–Trinajstić information content (AvgIpc) is 2.71. The lowest BCUT2D eigenvalue weighted by molar-refractivity contribution is 0.542. The summed E-state index contributed by atoms with van der Waals surface area (Å²) in [6.45, 7) is 3.37. The zero-order valence-corrected chi connectivity index (χ0v) is 9.46. The number of hydrogen-bond donors (Lipinski definition) is 1. The largest absolute Gasteiger partial charge is 0.308 e. The minimum atomic E-state index is 0.738. The molecule has 1 nitrogen and oxygen atoms in total. The molecule has 1 aromatic heterocycles. The molecule has 2 rings (SSSR count). The summed E-state index contributed by atoms with van der Waals surface area (Å²) in [6.07, 6.45) is 1.33. The summed E-state index contributed by atoms with van der Waals surface area (Å²) in [5.74, 6) is 1.28. The highest BCUT2D eigenvalue weighted by atomic mass is 32.2. The van der Waals surface area contributed by atoms with Gasteiger partial charge in [0.1, 0.15) is 0 Å². The minimum Gasteiger partial charge on any atom is -0.308 e. The first-order valence-corrected chi connectivity index (χ1v) is 6.65. The quantitative estimate of drug-likeness (QED) is 0.828. The van der Waals surface area contributed by atoms with Gasteiger partial charge in [0.05, 0.1) is 0 Å². The van der Waals surface area contributed by atoms with Gasteiger partial charge >= 0.3 is 0 Å². The Kier molecular flexibility index (Phi) is 3.30. The maximum Gasteiger partial charge on any atom is 0.0302 e. The summed E-state index contributed by atoms with van der Waals surface area (Å²) in [5, 5.41) is 6.59. The highest BCUT2D eigenvalue weighted by Crippen LogP contribution is 2.26. The van der Waals surface area contributed by atoms with Gasteiger partial charge in [0.2, 0.25) is 0 Å². The summed E-state index contributed by atoms with van der Waals surface area (Å²) in [6, 6.07) is 5.05. The van der Waals surface area contributed by atoms with Gasteiger partial charge in [0.25, 0.3) is 0 Å². The highest BCUT2D eigenvalue weighted by Gasteiger charge is 2.20. The van der Waals surface area contributed by atoms with E-state index in [1.807, 2.05) is 11.3 Å². The molecule has 0 radical (unpaired) electrons. The average molecular weight is 213 g/mol. The smallest absolute Gasteiger partial charge is 0.0302 e. The summed E-state index contributed by atoms with van der Waals surface area (Å²) in [4.78, 5) is 1.45. The van der Waals surface area contributed by atoms with E-state index in [0.29, 0.717) is 0 Å². The molecule has 1 aliphatic heterocycles. The molecule has 1 fully saturated rings. The van der Waals surface area contributed by atoms with Crippen molar-refractivity contribution in [2.24, 2.45) is 0 Å². The first-order chi connectivity index (χ1) is 6.34. The second-order valence-electron chi connectivity index (χ2n) is 3.54. The molecule has 0 spiro atoms. The number of thiophene rings is 1. The van der Waals surface area contributed by atoms with E-state index in [-0.39, 0.29) is 0 Å². The van der Waals surface area contributed by atoms with Crippen LogP contribution in [0.3, 0.4) is 0 Å². The molecule has 0 bridgehead atoms. The molecule has 2 unspecified atom stereocenters. The van der Waals surface area contributed by atoms with Crippen LogP contribution in [0.1, 0.15) is 18.2 Å². The van der Waals surface area contributed by atoms with Gasteiger partial charge in [-0.05, 0) is 17.9 Å². The van der Waals surface area contributed by atoms with Crippen LogP contribution in [0.25, 0.3) is 0 Å². The summed E-state index contributed by atoms with van der Waals surface area (Å²) >= 11 is 3.92. The zero-order chi connectivity index (χ0) is 9.10. The molecule has 1 N–H and O–H groups in total. The highest BCUT2D eigenvalue weighted by molar-refractivity contribution is 8.00. The zero-order valence-electron chi connectivity index (χ0n) is 7.82. The first kappa shape index (κ1) is 9.56. The van der Waals surface area contributed by atoms with Gasteiger partial charge in [0, 0.05) is 28.5 Å². The minimum absolute atomic E-state index is 0.738. The summed E-state index contributed by atoms with van der Waals surface area (Å²) in [7, 11) is 0. The monoisotopic (exact) mass is 213 g/mol. The first-order valence-electron chi connectivity index (χ1n) is 4.72. The van der Waals surface area contributed by atoms with Crippen LogP contribution >= 0.6 is 23.1 Å². The molecule has 72 valence electrons. The molecule has 3 heteroatoms. The fourth-order valence-corrected chi connectivity index (χ4v) is 3.46. The van der Waals surface area contributed by atoms with Gasteiger partial charge in [-0.25, -0.2) is 0 Å². The van der Waals surface area contributed by atoms with Crippen LogP contribution in [0, 0.1) is 0 Å². The fourth-order valence-electron chi connectivity index (χ4n) is 1.62. The molecule has 0 saturated carbocycles. The molecular formula is C10H15NS2. The molecule has 1 aliphatic rings. The Morgan fingerprint density at radius 3 is 3.15 bits per heavy atom. The van der Waals surface area contributed by atoms with Gasteiger partial charge in [0.15, 0.2) is 0 Å². The second kappa shape index (κ2) is 4.49. The van der Waals surface area contributed by atoms with Crippen LogP contribution in [0.15, 0.2) is 17.5 Å². The number of rotatable bonds is 3. The van der Waals surface area contributed by atoms with E-state index in [0.717, 1.165) is 17.8 Å². The maximum absolute atomic E-state index is 3.60. The van der Waals surface area contributed by atoms with Crippen molar-refractivity contribution in [1.82, 2.24) is 5.32 Å². The molecule has 0 amide bonds. The second-order valence-corrected chi connectivity index (χ2v) is 6.04. The topological polar surface area (TPSA) is 12.0 Å². The number of thioether (sulfide) groups is 1.